The molecule has 1 aliphatic heterocycles. The van der Waals surface area contributed by atoms with Crippen LogP contribution in [0.3, 0.4) is 0 Å². The van der Waals surface area contributed by atoms with E-state index in [1.165, 1.54) is 6.42 Å². The van der Waals surface area contributed by atoms with Gasteiger partial charge in [-0.2, -0.15) is 5.10 Å². The molecule has 1 amide bonds. The van der Waals surface area contributed by atoms with E-state index in [9.17, 15) is 4.79 Å². The molecule has 6 heteroatoms. The zero-order valence-electron chi connectivity index (χ0n) is 13.4. The first-order chi connectivity index (χ1) is 10.7. The number of methoxy groups -OCH3 is 1. The van der Waals surface area contributed by atoms with Gasteiger partial charge in [-0.25, -0.2) is 0 Å². The van der Waals surface area contributed by atoms with Crippen molar-refractivity contribution in [2.75, 3.05) is 26.9 Å². The van der Waals surface area contributed by atoms with Crippen LogP contribution in [-0.4, -0.2) is 59.6 Å². The lowest BCUT2D eigenvalue weighted by atomic mass is 9.93. The molecule has 2 heterocycles. The van der Waals surface area contributed by atoms with Gasteiger partial charge in [0, 0.05) is 32.8 Å². The molecule has 1 aromatic heterocycles. The number of carbonyl (C=O) groups excluding carboxylic acids is 1. The second-order valence-electron chi connectivity index (χ2n) is 6.30. The summed E-state index contributed by atoms with van der Waals surface area (Å²) in [6.45, 7) is 1.93. The van der Waals surface area contributed by atoms with Gasteiger partial charge < -0.3 is 14.4 Å². The van der Waals surface area contributed by atoms with Crippen LogP contribution in [0.5, 0.6) is 0 Å². The molecule has 0 N–H and O–H groups in total. The zero-order valence-corrected chi connectivity index (χ0v) is 13.4. The lowest BCUT2D eigenvalue weighted by Gasteiger charge is -2.40. The van der Waals surface area contributed by atoms with Crippen LogP contribution in [0.4, 0.5) is 0 Å². The molecule has 1 aliphatic carbocycles. The number of morpholine rings is 1. The average molecular weight is 307 g/mol. The van der Waals surface area contributed by atoms with Gasteiger partial charge in [0.25, 0.3) is 0 Å². The van der Waals surface area contributed by atoms with Gasteiger partial charge in [-0.15, -0.1) is 0 Å². The predicted molar refractivity (Wildman–Crippen MR) is 81.4 cm³/mol. The van der Waals surface area contributed by atoms with E-state index >= 15 is 0 Å². The molecule has 0 spiro atoms. The monoisotopic (exact) mass is 307 g/mol. The summed E-state index contributed by atoms with van der Waals surface area (Å²) in [5.41, 5.74) is 0.965. The smallest absolute Gasteiger partial charge is 0.227 e. The Morgan fingerprint density at radius 1 is 1.50 bits per heavy atom. The standard InChI is InChI=1S/C16H25N3O3/c1-18-10-12(9-17-18)8-16(20)19-6-7-22-11-14(19)13-4-3-5-15(13)21-2/h9-10,13-15H,3-8,11H2,1-2H3/t13-,14+,15-/m1/s1. The Labute approximate surface area is 131 Å². The maximum Gasteiger partial charge on any atom is 0.227 e. The van der Waals surface area contributed by atoms with Crippen molar-refractivity contribution in [3.8, 4) is 0 Å². The van der Waals surface area contributed by atoms with E-state index in [0.29, 0.717) is 32.1 Å². The molecule has 1 saturated carbocycles. The minimum atomic E-state index is 0.144. The van der Waals surface area contributed by atoms with Crippen LogP contribution in [0.15, 0.2) is 12.4 Å². The summed E-state index contributed by atoms with van der Waals surface area (Å²) in [6.07, 6.45) is 7.70. The molecule has 0 radical (unpaired) electrons. The fraction of sp³-hybridized carbons (Fsp3) is 0.750. The van der Waals surface area contributed by atoms with Crippen molar-refractivity contribution in [3.05, 3.63) is 18.0 Å². The summed E-state index contributed by atoms with van der Waals surface area (Å²) in [4.78, 5) is 14.7. The van der Waals surface area contributed by atoms with E-state index in [-0.39, 0.29) is 18.1 Å². The second-order valence-corrected chi connectivity index (χ2v) is 6.30. The molecule has 3 atom stereocenters. The zero-order chi connectivity index (χ0) is 15.5. The molecule has 2 fully saturated rings. The molecular formula is C16H25N3O3. The van der Waals surface area contributed by atoms with Crippen molar-refractivity contribution in [1.29, 1.82) is 0 Å². The third kappa shape index (κ3) is 3.17. The molecule has 22 heavy (non-hydrogen) atoms. The van der Waals surface area contributed by atoms with Crippen LogP contribution in [0.25, 0.3) is 0 Å². The van der Waals surface area contributed by atoms with Crippen molar-refractivity contribution < 1.29 is 14.3 Å². The van der Waals surface area contributed by atoms with Gasteiger partial charge in [-0.3, -0.25) is 9.48 Å². The number of hydrogen-bond donors (Lipinski definition) is 0. The molecule has 1 saturated heterocycles. The van der Waals surface area contributed by atoms with Crippen molar-refractivity contribution in [2.24, 2.45) is 13.0 Å². The molecule has 6 nitrogen and oxygen atoms in total. The fourth-order valence-corrected chi connectivity index (χ4v) is 3.81. The number of ether oxygens (including phenoxy) is 2. The number of rotatable bonds is 4. The topological polar surface area (TPSA) is 56.6 Å². The Kier molecular flexibility index (Phi) is 4.78. The third-order valence-electron chi connectivity index (χ3n) is 4.90. The number of hydrogen-bond acceptors (Lipinski definition) is 4. The summed E-state index contributed by atoms with van der Waals surface area (Å²) >= 11 is 0. The highest BCUT2D eigenvalue weighted by atomic mass is 16.5. The maximum absolute atomic E-state index is 12.7. The highest BCUT2D eigenvalue weighted by Gasteiger charge is 2.40. The Balaban J connectivity index is 1.70. The fourth-order valence-electron chi connectivity index (χ4n) is 3.81. The van der Waals surface area contributed by atoms with Crippen molar-refractivity contribution in [3.63, 3.8) is 0 Å². The number of carbonyl (C=O) groups is 1. The highest BCUT2D eigenvalue weighted by molar-refractivity contribution is 5.79. The first-order valence-electron chi connectivity index (χ1n) is 8.06. The molecule has 122 valence electrons. The van der Waals surface area contributed by atoms with E-state index in [4.69, 9.17) is 9.47 Å². The Hall–Kier alpha value is -1.40. The van der Waals surface area contributed by atoms with Crippen LogP contribution in [0, 0.1) is 5.92 Å². The van der Waals surface area contributed by atoms with E-state index in [0.717, 1.165) is 18.4 Å². The quantitative estimate of drug-likeness (QED) is 0.833. The molecule has 0 aromatic carbocycles. The van der Waals surface area contributed by atoms with Crippen molar-refractivity contribution in [1.82, 2.24) is 14.7 Å². The van der Waals surface area contributed by atoms with Crippen molar-refractivity contribution >= 4 is 5.91 Å². The van der Waals surface area contributed by atoms with E-state index in [1.54, 1.807) is 18.0 Å². The van der Waals surface area contributed by atoms with Crippen LogP contribution >= 0.6 is 0 Å². The minimum Gasteiger partial charge on any atom is -0.381 e. The van der Waals surface area contributed by atoms with E-state index in [2.05, 4.69) is 5.10 Å². The Bertz CT molecular complexity index is 516. The summed E-state index contributed by atoms with van der Waals surface area (Å²) in [5.74, 6) is 0.561. The summed E-state index contributed by atoms with van der Waals surface area (Å²) < 4.78 is 13.0. The van der Waals surface area contributed by atoms with Gasteiger partial charge >= 0.3 is 0 Å². The van der Waals surface area contributed by atoms with Crippen LogP contribution in [-0.2, 0) is 27.7 Å². The summed E-state index contributed by atoms with van der Waals surface area (Å²) in [6, 6.07) is 0.144. The molecule has 2 aliphatic rings. The van der Waals surface area contributed by atoms with Gasteiger partial charge in [0.05, 0.1) is 38.0 Å². The molecule has 1 aromatic rings. The Morgan fingerprint density at radius 2 is 2.36 bits per heavy atom. The highest BCUT2D eigenvalue weighted by Crippen LogP contribution is 2.34. The largest absolute Gasteiger partial charge is 0.381 e. The number of amides is 1. The normalized spacial score (nSPS) is 29.0. The van der Waals surface area contributed by atoms with E-state index in [1.807, 2.05) is 18.1 Å². The van der Waals surface area contributed by atoms with Gasteiger partial charge in [0.1, 0.15) is 0 Å². The van der Waals surface area contributed by atoms with Gasteiger partial charge in [-0.05, 0) is 18.4 Å². The molecule has 0 unspecified atom stereocenters. The molecule has 3 rings (SSSR count). The van der Waals surface area contributed by atoms with Gasteiger partial charge in [0.2, 0.25) is 5.91 Å². The SMILES string of the molecule is CO[C@@H]1CCC[C@@H]1[C@@H]1COCCN1C(=O)Cc1cnn(C)c1. The average Bonchev–Trinajstić information content (AvgIpc) is 3.15. The van der Waals surface area contributed by atoms with Crippen LogP contribution < -0.4 is 0 Å². The minimum absolute atomic E-state index is 0.144. The first-order valence-corrected chi connectivity index (χ1v) is 8.06. The number of nitrogens with zero attached hydrogens (tertiary/aromatic N) is 3. The molecule has 0 bridgehead atoms. The van der Waals surface area contributed by atoms with Crippen molar-refractivity contribution in [2.45, 2.75) is 37.8 Å². The summed E-state index contributed by atoms with van der Waals surface area (Å²) in [5, 5.41) is 4.14. The van der Waals surface area contributed by atoms with Gasteiger partial charge in [0.15, 0.2) is 0 Å². The lowest BCUT2D eigenvalue weighted by molar-refractivity contribution is -0.143. The first kappa shape index (κ1) is 15.5. The van der Waals surface area contributed by atoms with Gasteiger partial charge in [-0.1, -0.05) is 6.42 Å². The van der Waals surface area contributed by atoms with E-state index < -0.39 is 0 Å². The van der Waals surface area contributed by atoms with Crippen LogP contribution in [0.1, 0.15) is 24.8 Å². The predicted octanol–water partition coefficient (Wildman–Crippen LogP) is 1.01. The molecular weight excluding hydrogens is 282 g/mol. The second kappa shape index (κ2) is 6.79. The Morgan fingerprint density at radius 3 is 3.09 bits per heavy atom. The number of aryl methyl sites for hydroxylation is 1. The lowest BCUT2D eigenvalue weighted by Crippen LogP contribution is -2.54. The number of aromatic nitrogens is 2. The van der Waals surface area contributed by atoms with Crippen LogP contribution in [0.2, 0.25) is 0 Å². The summed E-state index contributed by atoms with van der Waals surface area (Å²) in [7, 11) is 3.64. The third-order valence-corrected chi connectivity index (χ3v) is 4.90. The maximum atomic E-state index is 12.7.